The molecule has 1 N–H and O–H groups in total. The molecule has 1 aromatic heterocycles. The first-order chi connectivity index (χ1) is 8.15. The molecule has 0 fully saturated rings. The predicted octanol–water partition coefficient (Wildman–Crippen LogP) is 2.65. The van der Waals surface area contributed by atoms with Gasteiger partial charge in [0.15, 0.2) is 0 Å². The van der Waals surface area contributed by atoms with Gasteiger partial charge in [-0.05, 0) is 6.92 Å². The second-order valence-electron chi connectivity index (χ2n) is 3.55. The average molecular weight is 234 g/mol. The van der Waals surface area contributed by atoms with Crippen molar-refractivity contribution in [3.8, 4) is 0 Å². The van der Waals surface area contributed by atoms with Gasteiger partial charge in [0.05, 0.1) is 4.92 Å². The van der Waals surface area contributed by atoms with Crippen LogP contribution in [0.5, 0.6) is 0 Å². The van der Waals surface area contributed by atoms with Crippen LogP contribution in [-0.4, -0.2) is 16.3 Å². The molecule has 0 aliphatic heterocycles. The number of nitrogens with zero attached hydrogens (tertiary/aromatic N) is 2. The van der Waals surface area contributed by atoms with E-state index in [1.54, 1.807) is 19.1 Å². The summed E-state index contributed by atoms with van der Waals surface area (Å²) in [5.74, 6) is 0.592. The Morgan fingerprint density at radius 1 is 1.59 bits per heavy atom. The van der Waals surface area contributed by atoms with Crippen molar-refractivity contribution in [3.05, 3.63) is 39.6 Å². The Morgan fingerprint density at radius 3 is 3.00 bits per heavy atom. The van der Waals surface area contributed by atoms with Crippen LogP contribution in [0.15, 0.2) is 27.8 Å². The predicted molar refractivity (Wildman–Crippen MR) is 61.6 cm³/mol. The number of nitro groups is 1. The minimum Gasteiger partial charge on any atom is -0.454 e. The first kappa shape index (κ1) is 11.1. The summed E-state index contributed by atoms with van der Waals surface area (Å²) in [7, 11) is 0. The maximum Gasteiger partial charge on any atom is 0.312 e. The number of furan rings is 1. The number of nitro benzene ring substituents is 1. The molecule has 2 rings (SSSR count). The van der Waals surface area contributed by atoms with Crippen LogP contribution >= 0.6 is 0 Å². The smallest absolute Gasteiger partial charge is 0.312 e. The third kappa shape index (κ3) is 1.84. The Morgan fingerprint density at radius 2 is 2.35 bits per heavy atom. The standard InChI is InChI=1S/C11H10N2O4/c1-7-8(5-6-12-14)9-3-2-4-10(13(15)16)11(9)17-7/h2-4,6,14H,5H2,1H3. The third-order valence-electron chi connectivity index (χ3n) is 2.57. The molecule has 17 heavy (non-hydrogen) atoms. The molecule has 0 aliphatic carbocycles. The van der Waals surface area contributed by atoms with Crippen LogP contribution in [0.4, 0.5) is 5.69 Å². The normalized spacial score (nSPS) is 11.4. The summed E-state index contributed by atoms with van der Waals surface area (Å²) in [5.41, 5.74) is 0.996. The largest absolute Gasteiger partial charge is 0.454 e. The van der Waals surface area contributed by atoms with Gasteiger partial charge in [0.25, 0.3) is 0 Å². The molecule has 0 amide bonds. The van der Waals surface area contributed by atoms with Crippen molar-refractivity contribution in [2.24, 2.45) is 5.16 Å². The number of benzene rings is 1. The molecule has 88 valence electrons. The van der Waals surface area contributed by atoms with Crippen molar-refractivity contribution in [2.45, 2.75) is 13.3 Å². The number of hydrogen-bond donors (Lipinski definition) is 1. The number of rotatable bonds is 3. The number of para-hydroxylation sites is 1. The maximum absolute atomic E-state index is 10.8. The van der Waals surface area contributed by atoms with Crippen LogP contribution in [0.1, 0.15) is 11.3 Å². The van der Waals surface area contributed by atoms with Crippen LogP contribution in [0, 0.1) is 17.0 Å². The fourth-order valence-corrected chi connectivity index (χ4v) is 1.80. The lowest BCUT2D eigenvalue weighted by Gasteiger charge is -1.93. The Balaban J connectivity index is 2.67. The van der Waals surface area contributed by atoms with Gasteiger partial charge in [0.2, 0.25) is 5.58 Å². The number of oxime groups is 1. The van der Waals surface area contributed by atoms with Gasteiger partial charge in [0.1, 0.15) is 5.76 Å². The maximum atomic E-state index is 10.8. The molecule has 0 unspecified atom stereocenters. The van der Waals surface area contributed by atoms with Gasteiger partial charge in [-0.3, -0.25) is 10.1 Å². The molecule has 0 saturated heterocycles. The number of fused-ring (bicyclic) bond motifs is 1. The molecule has 0 aliphatic rings. The monoisotopic (exact) mass is 234 g/mol. The average Bonchev–Trinajstić information content (AvgIpc) is 2.61. The topological polar surface area (TPSA) is 88.9 Å². The SMILES string of the molecule is Cc1oc2c([N+](=O)[O-])cccc2c1CC=NO. The lowest BCUT2D eigenvalue weighted by atomic mass is 10.1. The second kappa shape index (κ2) is 4.25. The first-order valence-electron chi connectivity index (χ1n) is 4.96. The minimum absolute atomic E-state index is 0.0576. The zero-order chi connectivity index (χ0) is 12.4. The van der Waals surface area contributed by atoms with Gasteiger partial charge in [0, 0.05) is 29.7 Å². The van der Waals surface area contributed by atoms with Crippen molar-refractivity contribution >= 4 is 22.9 Å². The number of hydrogen-bond acceptors (Lipinski definition) is 5. The highest BCUT2D eigenvalue weighted by Gasteiger charge is 2.19. The zero-order valence-electron chi connectivity index (χ0n) is 9.08. The number of non-ortho nitro benzene ring substituents is 1. The first-order valence-corrected chi connectivity index (χ1v) is 4.96. The van der Waals surface area contributed by atoms with Crippen LogP contribution in [0.3, 0.4) is 0 Å². The lowest BCUT2D eigenvalue weighted by molar-refractivity contribution is -0.383. The Kier molecular flexibility index (Phi) is 2.78. The fraction of sp³-hybridized carbons (Fsp3) is 0.182. The molecular formula is C11H10N2O4. The molecule has 2 aromatic rings. The lowest BCUT2D eigenvalue weighted by Crippen LogP contribution is -1.89. The molecule has 0 radical (unpaired) electrons. The van der Waals surface area contributed by atoms with E-state index in [4.69, 9.17) is 9.62 Å². The number of aryl methyl sites for hydroxylation is 1. The Labute approximate surface area is 96.3 Å². The van der Waals surface area contributed by atoms with Gasteiger partial charge >= 0.3 is 5.69 Å². The Bertz CT molecular complexity index is 601. The molecular weight excluding hydrogens is 224 g/mol. The second-order valence-corrected chi connectivity index (χ2v) is 3.55. The summed E-state index contributed by atoms with van der Waals surface area (Å²) in [5, 5.41) is 22.8. The van der Waals surface area contributed by atoms with Crippen LogP contribution in [0.25, 0.3) is 11.0 Å². The molecule has 0 atom stereocenters. The van der Waals surface area contributed by atoms with Crippen molar-refractivity contribution in [1.29, 1.82) is 0 Å². The van der Waals surface area contributed by atoms with Crippen molar-refractivity contribution in [2.75, 3.05) is 0 Å². The summed E-state index contributed by atoms with van der Waals surface area (Å²) < 4.78 is 5.40. The summed E-state index contributed by atoms with van der Waals surface area (Å²) in [6, 6.07) is 4.75. The van der Waals surface area contributed by atoms with E-state index >= 15 is 0 Å². The highest BCUT2D eigenvalue weighted by molar-refractivity contribution is 5.91. The quantitative estimate of drug-likeness (QED) is 0.382. The van der Waals surface area contributed by atoms with E-state index in [1.807, 2.05) is 0 Å². The molecule has 0 bridgehead atoms. The van der Waals surface area contributed by atoms with Crippen LogP contribution in [0.2, 0.25) is 0 Å². The Hall–Kier alpha value is -2.37. The summed E-state index contributed by atoms with van der Waals surface area (Å²) in [6.45, 7) is 1.73. The van der Waals surface area contributed by atoms with E-state index in [9.17, 15) is 10.1 Å². The van der Waals surface area contributed by atoms with E-state index in [0.29, 0.717) is 17.6 Å². The van der Waals surface area contributed by atoms with Gasteiger partial charge in [-0.2, -0.15) is 0 Å². The summed E-state index contributed by atoms with van der Waals surface area (Å²) in [6.07, 6.45) is 1.69. The van der Waals surface area contributed by atoms with Crippen LogP contribution < -0.4 is 0 Å². The van der Waals surface area contributed by atoms with Gasteiger partial charge in [-0.15, -0.1) is 5.16 Å². The molecule has 0 spiro atoms. The van der Waals surface area contributed by atoms with E-state index in [1.165, 1.54) is 12.3 Å². The molecule has 1 aromatic carbocycles. The molecule has 6 nitrogen and oxygen atoms in total. The van der Waals surface area contributed by atoms with E-state index < -0.39 is 4.92 Å². The highest BCUT2D eigenvalue weighted by Crippen LogP contribution is 2.32. The van der Waals surface area contributed by atoms with Crippen LogP contribution in [-0.2, 0) is 6.42 Å². The van der Waals surface area contributed by atoms with Crippen molar-refractivity contribution < 1.29 is 14.5 Å². The van der Waals surface area contributed by atoms with Gasteiger partial charge in [-0.1, -0.05) is 12.1 Å². The summed E-state index contributed by atoms with van der Waals surface area (Å²) >= 11 is 0. The van der Waals surface area contributed by atoms with Crippen molar-refractivity contribution in [1.82, 2.24) is 0 Å². The van der Waals surface area contributed by atoms with E-state index in [2.05, 4.69) is 5.16 Å². The van der Waals surface area contributed by atoms with E-state index in [0.717, 1.165) is 5.56 Å². The molecule has 6 heteroatoms. The summed E-state index contributed by atoms with van der Waals surface area (Å²) in [4.78, 5) is 10.4. The molecule has 0 saturated carbocycles. The van der Waals surface area contributed by atoms with E-state index in [-0.39, 0.29) is 11.3 Å². The third-order valence-corrected chi connectivity index (χ3v) is 2.57. The zero-order valence-corrected chi connectivity index (χ0v) is 9.08. The fourth-order valence-electron chi connectivity index (χ4n) is 1.80. The highest BCUT2D eigenvalue weighted by atomic mass is 16.6. The minimum atomic E-state index is -0.477. The van der Waals surface area contributed by atoms with Gasteiger partial charge < -0.3 is 9.62 Å². The van der Waals surface area contributed by atoms with Gasteiger partial charge in [-0.25, -0.2) is 0 Å². The van der Waals surface area contributed by atoms with Crippen molar-refractivity contribution in [3.63, 3.8) is 0 Å². The molecule has 1 heterocycles.